The lowest BCUT2D eigenvalue weighted by Crippen LogP contribution is -2.39. The second-order valence-corrected chi connectivity index (χ2v) is 7.59. The minimum atomic E-state index is -1.49. The van der Waals surface area contributed by atoms with Gasteiger partial charge in [0.2, 0.25) is 11.8 Å². The zero-order valence-corrected chi connectivity index (χ0v) is 13.3. The van der Waals surface area contributed by atoms with Gasteiger partial charge in [0.25, 0.3) is 0 Å². The van der Waals surface area contributed by atoms with Crippen LogP contribution >= 0.6 is 0 Å². The molecule has 0 spiro atoms. The Bertz CT molecular complexity index is 682. The van der Waals surface area contributed by atoms with E-state index < -0.39 is 27.9 Å². The summed E-state index contributed by atoms with van der Waals surface area (Å²) in [4.78, 5) is 38.0. The van der Waals surface area contributed by atoms with Gasteiger partial charge < -0.3 is 0 Å². The highest BCUT2D eigenvalue weighted by Crippen LogP contribution is 2.38. The van der Waals surface area contributed by atoms with Crippen LogP contribution in [-0.4, -0.2) is 39.0 Å². The molecular weight excluding hydrogens is 302 g/mol. The van der Waals surface area contributed by atoms with Crippen molar-refractivity contribution in [2.75, 3.05) is 7.05 Å². The largest absolute Gasteiger partial charge is 0.298 e. The summed E-state index contributed by atoms with van der Waals surface area (Å²) in [6.07, 6.45) is 0.209. The number of fused-ring (bicyclic) bond motifs is 1. The average molecular weight is 319 g/mol. The van der Waals surface area contributed by atoms with Gasteiger partial charge in [-0.15, -0.1) is 0 Å². The van der Waals surface area contributed by atoms with E-state index >= 15 is 0 Å². The first kappa shape index (κ1) is 15.1. The number of nitrogens with zero attached hydrogens (tertiary/aromatic N) is 1. The van der Waals surface area contributed by atoms with E-state index in [0.29, 0.717) is 4.90 Å². The number of hydrogen-bond acceptors (Lipinski definition) is 4. The maximum absolute atomic E-state index is 12.7. The number of ketones is 1. The topological polar surface area (TPSA) is 71.5 Å². The molecule has 1 aliphatic carbocycles. The third-order valence-electron chi connectivity index (χ3n) is 4.54. The minimum Gasteiger partial charge on any atom is -0.298 e. The van der Waals surface area contributed by atoms with Crippen LogP contribution in [0.25, 0.3) is 0 Å². The Hall–Kier alpha value is -1.82. The van der Waals surface area contributed by atoms with Gasteiger partial charge in [0.1, 0.15) is 5.78 Å². The molecule has 2 aliphatic rings. The lowest BCUT2D eigenvalue weighted by Gasteiger charge is -2.27. The van der Waals surface area contributed by atoms with Crippen molar-refractivity contribution in [3.05, 3.63) is 29.8 Å². The molecule has 1 unspecified atom stereocenters. The zero-order chi connectivity index (χ0) is 16.0. The summed E-state index contributed by atoms with van der Waals surface area (Å²) in [5, 5.41) is -0.702. The number of carbonyl (C=O) groups is 3. The van der Waals surface area contributed by atoms with Crippen molar-refractivity contribution >= 4 is 28.4 Å². The van der Waals surface area contributed by atoms with Crippen molar-refractivity contribution in [1.29, 1.82) is 0 Å². The molecule has 6 heteroatoms. The van der Waals surface area contributed by atoms with E-state index in [1.54, 1.807) is 12.1 Å². The molecule has 1 saturated carbocycles. The van der Waals surface area contributed by atoms with Crippen LogP contribution in [0.2, 0.25) is 0 Å². The molecule has 0 bridgehead atoms. The number of likely N-dealkylation sites (tertiary alicyclic amines) is 1. The molecule has 22 heavy (non-hydrogen) atoms. The Balaban J connectivity index is 1.85. The Labute approximate surface area is 131 Å². The van der Waals surface area contributed by atoms with Crippen LogP contribution in [0.4, 0.5) is 0 Å². The summed E-state index contributed by atoms with van der Waals surface area (Å²) < 4.78 is 12.7. The number of imide groups is 1. The Morgan fingerprint density at radius 3 is 2.27 bits per heavy atom. The molecule has 1 saturated heterocycles. The van der Waals surface area contributed by atoms with Crippen LogP contribution in [0.15, 0.2) is 29.2 Å². The van der Waals surface area contributed by atoms with E-state index in [0.717, 1.165) is 10.5 Å². The summed E-state index contributed by atoms with van der Waals surface area (Å²) in [5.41, 5.74) is 1.05. The van der Waals surface area contributed by atoms with Gasteiger partial charge >= 0.3 is 0 Å². The molecular formula is C16H17NO4S. The first-order valence-electron chi connectivity index (χ1n) is 7.21. The van der Waals surface area contributed by atoms with Crippen molar-refractivity contribution in [2.24, 2.45) is 11.8 Å². The molecule has 116 valence electrons. The highest BCUT2D eigenvalue weighted by molar-refractivity contribution is 7.86. The summed E-state index contributed by atoms with van der Waals surface area (Å²) in [6, 6.07) is 7.19. The Kier molecular flexibility index (Phi) is 3.72. The van der Waals surface area contributed by atoms with Gasteiger partial charge in [-0.25, -0.2) is 0 Å². The maximum atomic E-state index is 12.7. The number of aryl methyl sites for hydroxylation is 1. The third kappa shape index (κ3) is 2.31. The first-order chi connectivity index (χ1) is 10.4. The SMILES string of the molecule is Cc1ccc(S(=O)[C@@H]2C[C@H]3C(=O)N(C)C(=O)[C@H]3CC2=O)cc1. The molecule has 0 radical (unpaired) electrons. The molecule has 1 aliphatic heterocycles. The van der Waals surface area contributed by atoms with E-state index in [2.05, 4.69) is 0 Å². The third-order valence-corrected chi connectivity index (χ3v) is 6.25. The smallest absolute Gasteiger partial charge is 0.233 e. The summed E-state index contributed by atoms with van der Waals surface area (Å²) >= 11 is 0. The molecule has 1 aromatic carbocycles. The molecule has 3 rings (SSSR count). The Morgan fingerprint density at radius 1 is 1.05 bits per heavy atom. The number of hydrogen-bond donors (Lipinski definition) is 0. The van der Waals surface area contributed by atoms with Crippen LogP contribution in [-0.2, 0) is 25.2 Å². The molecule has 2 amide bonds. The number of amides is 2. The predicted molar refractivity (Wildman–Crippen MR) is 80.4 cm³/mol. The summed E-state index contributed by atoms with van der Waals surface area (Å²) in [7, 11) is -0.0428. The molecule has 1 heterocycles. The number of carbonyl (C=O) groups excluding carboxylic acids is 3. The minimum absolute atomic E-state index is 0.0157. The van der Waals surface area contributed by atoms with Crippen LogP contribution in [0.5, 0.6) is 0 Å². The zero-order valence-electron chi connectivity index (χ0n) is 12.4. The second-order valence-electron chi connectivity index (χ2n) is 5.95. The van der Waals surface area contributed by atoms with Crippen molar-refractivity contribution in [2.45, 2.75) is 29.9 Å². The average Bonchev–Trinajstić information content (AvgIpc) is 2.71. The fourth-order valence-electron chi connectivity index (χ4n) is 3.20. The van der Waals surface area contributed by atoms with Gasteiger partial charge in [-0.2, -0.15) is 0 Å². The molecule has 2 fully saturated rings. The van der Waals surface area contributed by atoms with Gasteiger partial charge in [0.05, 0.1) is 27.9 Å². The van der Waals surface area contributed by atoms with E-state index in [-0.39, 0.29) is 30.4 Å². The lowest BCUT2D eigenvalue weighted by atomic mass is 9.80. The van der Waals surface area contributed by atoms with Crippen molar-refractivity contribution in [1.82, 2.24) is 4.90 Å². The van der Waals surface area contributed by atoms with E-state index in [9.17, 15) is 18.6 Å². The van der Waals surface area contributed by atoms with Crippen molar-refractivity contribution in [3.8, 4) is 0 Å². The highest BCUT2D eigenvalue weighted by atomic mass is 32.2. The molecule has 5 nitrogen and oxygen atoms in total. The predicted octanol–water partition coefficient (Wildman–Crippen LogP) is 1.07. The van der Waals surface area contributed by atoms with Crippen molar-refractivity contribution in [3.63, 3.8) is 0 Å². The molecule has 0 N–H and O–H groups in total. The molecule has 4 atom stereocenters. The maximum Gasteiger partial charge on any atom is 0.233 e. The quantitative estimate of drug-likeness (QED) is 0.764. The molecule has 1 aromatic rings. The van der Waals surface area contributed by atoms with E-state index in [1.165, 1.54) is 7.05 Å². The van der Waals surface area contributed by atoms with Crippen molar-refractivity contribution < 1.29 is 18.6 Å². The van der Waals surface area contributed by atoms with Crippen LogP contribution in [0.3, 0.4) is 0 Å². The summed E-state index contributed by atoms with van der Waals surface area (Å²) in [5.74, 6) is -1.79. The lowest BCUT2D eigenvalue weighted by molar-refractivity contribution is -0.138. The van der Waals surface area contributed by atoms with Crippen LogP contribution < -0.4 is 0 Å². The van der Waals surface area contributed by atoms with Gasteiger partial charge in [0, 0.05) is 18.4 Å². The van der Waals surface area contributed by atoms with Gasteiger partial charge in [0.15, 0.2) is 0 Å². The fourth-order valence-corrected chi connectivity index (χ4v) is 4.65. The monoisotopic (exact) mass is 319 g/mol. The van der Waals surface area contributed by atoms with Crippen LogP contribution in [0.1, 0.15) is 18.4 Å². The molecule has 0 aromatic heterocycles. The number of Topliss-reactive ketones (excluding diaryl/α,β-unsaturated/α-hetero) is 1. The normalized spacial score (nSPS) is 29.6. The fraction of sp³-hybridized carbons (Fsp3) is 0.438. The summed E-state index contributed by atoms with van der Waals surface area (Å²) in [6.45, 7) is 1.93. The number of benzene rings is 1. The van der Waals surface area contributed by atoms with Gasteiger partial charge in [-0.05, 0) is 25.5 Å². The van der Waals surface area contributed by atoms with Crippen LogP contribution in [0, 0.1) is 18.8 Å². The van der Waals surface area contributed by atoms with Gasteiger partial charge in [-0.3, -0.25) is 23.5 Å². The number of rotatable bonds is 2. The van der Waals surface area contributed by atoms with E-state index in [4.69, 9.17) is 0 Å². The highest BCUT2D eigenvalue weighted by Gasteiger charge is 2.52. The Morgan fingerprint density at radius 2 is 1.64 bits per heavy atom. The standard InChI is InChI=1S/C16H17NO4S/c1-9-3-5-10(6-4-9)22(21)14-8-12-11(7-13(14)18)15(19)17(2)16(12)20/h3-6,11-12,14H,7-8H2,1-2H3/t11-,12+,14+,22?/m0/s1. The first-order valence-corrected chi connectivity index (χ1v) is 8.43. The van der Waals surface area contributed by atoms with Gasteiger partial charge in [-0.1, -0.05) is 17.7 Å². The van der Waals surface area contributed by atoms with E-state index in [1.807, 2.05) is 19.1 Å². The second kappa shape index (κ2) is 5.43.